The summed E-state index contributed by atoms with van der Waals surface area (Å²) in [4.78, 5) is 25.8. The molecule has 1 aliphatic carbocycles. The van der Waals surface area contributed by atoms with Crippen molar-refractivity contribution in [2.24, 2.45) is 5.92 Å². The van der Waals surface area contributed by atoms with Gasteiger partial charge in [-0.3, -0.25) is 14.5 Å². The fourth-order valence-corrected chi connectivity index (χ4v) is 4.15. The second-order valence-electron chi connectivity index (χ2n) is 7.14. The van der Waals surface area contributed by atoms with Crippen LogP contribution in [0.3, 0.4) is 0 Å². The Morgan fingerprint density at radius 2 is 1.92 bits per heavy atom. The first-order valence-corrected chi connectivity index (χ1v) is 8.85. The average molecular weight is 330 g/mol. The van der Waals surface area contributed by atoms with E-state index in [2.05, 4.69) is 5.32 Å². The largest absolute Gasteiger partial charge is 0.480 e. The number of amides is 1. The van der Waals surface area contributed by atoms with Gasteiger partial charge in [0.15, 0.2) is 0 Å². The molecule has 3 unspecified atom stereocenters. The zero-order valence-corrected chi connectivity index (χ0v) is 14.2. The van der Waals surface area contributed by atoms with E-state index < -0.39 is 12.0 Å². The number of aryl methyl sites for hydroxylation is 1. The van der Waals surface area contributed by atoms with Crippen molar-refractivity contribution in [2.75, 3.05) is 6.54 Å². The zero-order valence-electron chi connectivity index (χ0n) is 14.2. The highest BCUT2D eigenvalue weighted by molar-refractivity contribution is 5.80. The number of carbonyl (C=O) groups is 2. The summed E-state index contributed by atoms with van der Waals surface area (Å²) in [5, 5.41) is 12.4. The Balaban J connectivity index is 1.59. The first kappa shape index (κ1) is 17.0. The molecule has 0 bridgehead atoms. The van der Waals surface area contributed by atoms with Gasteiger partial charge in [-0.05, 0) is 37.7 Å². The number of carboxylic acids is 1. The third kappa shape index (κ3) is 3.78. The molecule has 2 aliphatic rings. The summed E-state index contributed by atoms with van der Waals surface area (Å²) in [6.07, 6.45) is 5.11. The van der Waals surface area contributed by atoms with Gasteiger partial charge in [0.1, 0.15) is 6.04 Å². The fourth-order valence-electron chi connectivity index (χ4n) is 4.15. The summed E-state index contributed by atoms with van der Waals surface area (Å²) in [5.74, 6) is -0.450. The van der Waals surface area contributed by atoms with Crippen LogP contribution in [0.15, 0.2) is 24.3 Å². The Bertz CT molecular complexity index is 599. The number of rotatable bonds is 5. The van der Waals surface area contributed by atoms with Gasteiger partial charge >= 0.3 is 5.97 Å². The van der Waals surface area contributed by atoms with E-state index in [0.29, 0.717) is 18.9 Å². The first-order chi connectivity index (χ1) is 11.5. The molecule has 1 aromatic rings. The standard InChI is InChI=1S/C19H26N2O3/c1-13-6-8-14(9-7-13)11-20-18(22)12-21-16-5-3-2-4-15(16)10-17(21)19(23)24/h6-9,15-17H,2-5,10-12H2,1H3,(H,20,22)(H,23,24). The fraction of sp³-hybridized carbons (Fsp3) is 0.579. The SMILES string of the molecule is Cc1ccc(CNC(=O)CN2C(C(=O)O)CC3CCCCC32)cc1. The van der Waals surface area contributed by atoms with Crippen molar-refractivity contribution in [1.82, 2.24) is 10.2 Å². The van der Waals surface area contributed by atoms with Crippen LogP contribution >= 0.6 is 0 Å². The van der Waals surface area contributed by atoms with E-state index in [1.807, 2.05) is 36.1 Å². The quantitative estimate of drug-likeness (QED) is 0.869. The molecule has 1 heterocycles. The number of nitrogens with zero attached hydrogens (tertiary/aromatic N) is 1. The Kier molecular flexibility index (Phi) is 5.19. The van der Waals surface area contributed by atoms with E-state index >= 15 is 0 Å². The molecular weight excluding hydrogens is 304 g/mol. The molecular formula is C19H26N2O3. The first-order valence-electron chi connectivity index (χ1n) is 8.85. The minimum Gasteiger partial charge on any atom is -0.480 e. The van der Waals surface area contributed by atoms with Crippen LogP contribution in [-0.2, 0) is 16.1 Å². The van der Waals surface area contributed by atoms with E-state index in [1.54, 1.807) is 0 Å². The molecule has 3 atom stereocenters. The predicted octanol–water partition coefficient (Wildman–Crippen LogP) is 2.33. The van der Waals surface area contributed by atoms with Gasteiger partial charge < -0.3 is 10.4 Å². The average Bonchev–Trinajstić information content (AvgIpc) is 2.93. The monoisotopic (exact) mass is 330 g/mol. The number of fused-ring (bicyclic) bond motifs is 1. The molecule has 0 spiro atoms. The van der Waals surface area contributed by atoms with E-state index in [9.17, 15) is 14.7 Å². The summed E-state index contributed by atoms with van der Waals surface area (Å²) in [6.45, 7) is 2.70. The van der Waals surface area contributed by atoms with Gasteiger partial charge in [0, 0.05) is 12.6 Å². The predicted molar refractivity (Wildman–Crippen MR) is 91.5 cm³/mol. The van der Waals surface area contributed by atoms with Crippen molar-refractivity contribution < 1.29 is 14.7 Å². The van der Waals surface area contributed by atoms with E-state index in [0.717, 1.165) is 24.8 Å². The van der Waals surface area contributed by atoms with Crippen molar-refractivity contribution in [3.63, 3.8) is 0 Å². The van der Waals surface area contributed by atoms with E-state index in [4.69, 9.17) is 0 Å². The molecule has 1 saturated heterocycles. The van der Waals surface area contributed by atoms with Crippen LogP contribution in [0.1, 0.15) is 43.2 Å². The zero-order chi connectivity index (χ0) is 17.1. The van der Waals surface area contributed by atoms with E-state index in [-0.39, 0.29) is 18.5 Å². The summed E-state index contributed by atoms with van der Waals surface area (Å²) >= 11 is 0. The highest BCUT2D eigenvalue weighted by atomic mass is 16.4. The molecule has 0 radical (unpaired) electrons. The lowest BCUT2D eigenvalue weighted by Crippen LogP contribution is -2.47. The molecule has 2 N–H and O–H groups in total. The number of aliphatic carboxylic acids is 1. The normalized spacial score (nSPS) is 26.8. The molecule has 1 aliphatic heterocycles. The third-order valence-corrected chi connectivity index (χ3v) is 5.44. The number of carboxylic acid groups (broad SMARTS) is 1. The van der Waals surface area contributed by atoms with Crippen molar-refractivity contribution >= 4 is 11.9 Å². The number of hydrogen-bond donors (Lipinski definition) is 2. The third-order valence-electron chi connectivity index (χ3n) is 5.44. The lowest BCUT2D eigenvalue weighted by atomic mass is 9.85. The minimum atomic E-state index is -0.796. The van der Waals surface area contributed by atoms with Crippen molar-refractivity contribution in [3.8, 4) is 0 Å². The molecule has 3 rings (SSSR count). The number of likely N-dealkylation sites (tertiary alicyclic amines) is 1. The van der Waals surface area contributed by atoms with Crippen molar-refractivity contribution in [2.45, 2.75) is 57.7 Å². The molecule has 24 heavy (non-hydrogen) atoms. The maximum Gasteiger partial charge on any atom is 0.320 e. The Morgan fingerprint density at radius 3 is 2.62 bits per heavy atom. The number of carbonyl (C=O) groups excluding carboxylic acids is 1. The minimum absolute atomic E-state index is 0.0898. The number of hydrogen-bond acceptors (Lipinski definition) is 3. The molecule has 1 aromatic carbocycles. The van der Waals surface area contributed by atoms with Gasteiger partial charge in [-0.25, -0.2) is 0 Å². The van der Waals surface area contributed by atoms with Gasteiger partial charge in [-0.15, -0.1) is 0 Å². The van der Waals surface area contributed by atoms with Crippen LogP contribution in [0, 0.1) is 12.8 Å². The lowest BCUT2D eigenvalue weighted by molar-refractivity contribution is -0.143. The van der Waals surface area contributed by atoms with Crippen LogP contribution in [-0.4, -0.2) is 40.5 Å². The van der Waals surface area contributed by atoms with Crippen LogP contribution in [0.5, 0.6) is 0 Å². The summed E-state index contributed by atoms with van der Waals surface area (Å²) in [6, 6.07) is 7.79. The van der Waals surface area contributed by atoms with Crippen LogP contribution in [0.25, 0.3) is 0 Å². The van der Waals surface area contributed by atoms with Crippen LogP contribution in [0.4, 0.5) is 0 Å². The highest BCUT2D eigenvalue weighted by Gasteiger charge is 2.45. The lowest BCUT2D eigenvalue weighted by Gasteiger charge is -2.32. The van der Waals surface area contributed by atoms with E-state index in [1.165, 1.54) is 12.0 Å². The molecule has 2 fully saturated rings. The van der Waals surface area contributed by atoms with Crippen molar-refractivity contribution in [1.29, 1.82) is 0 Å². The summed E-state index contributed by atoms with van der Waals surface area (Å²) in [7, 11) is 0. The van der Waals surface area contributed by atoms with Gasteiger partial charge in [-0.2, -0.15) is 0 Å². The molecule has 130 valence electrons. The van der Waals surface area contributed by atoms with Gasteiger partial charge in [0.2, 0.25) is 5.91 Å². The molecule has 0 aromatic heterocycles. The van der Waals surface area contributed by atoms with Gasteiger partial charge in [0.05, 0.1) is 6.54 Å². The molecule has 5 nitrogen and oxygen atoms in total. The molecule has 1 amide bonds. The van der Waals surface area contributed by atoms with Crippen LogP contribution in [0.2, 0.25) is 0 Å². The van der Waals surface area contributed by atoms with Gasteiger partial charge in [-0.1, -0.05) is 42.7 Å². The second kappa shape index (κ2) is 7.34. The van der Waals surface area contributed by atoms with Crippen molar-refractivity contribution in [3.05, 3.63) is 35.4 Å². The summed E-state index contributed by atoms with van der Waals surface area (Å²) in [5.41, 5.74) is 2.25. The Hall–Kier alpha value is -1.88. The maximum absolute atomic E-state index is 12.3. The number of nitrogens with one attached hydrogen (secondary N) is 1. The molecule has 5 heteroatoms. The summed E-state index contributed by atoms with van der Waals surface area (Å²) < 4.78 is 0. The smallest absolute Gasteiger partial charge is 0.320 e. The molecule has 1 saturated carbocycles. The Morgan fingerprint density at radius 1 is 1.21 bits per heavy atom. The number of benzene rings is 1. The van der Waals surface area contributed by atoms with Gasteiger partial charge in [0.25, 0.3) is 0 Å². The maximum atomic E-state index is 12.3. The highest BCUT2D eigenvalue weighted by Crippen LogP contribution is 2.39. The van der Waals surface area contributed by atoms with Crippen LogP contribution < -0.4 is 5.32 Å². The Labute approximate surface area is 143 Å². The topological polar surface area (TPSA) is 69.6 Å². The second-order valence-corrected chi connectivity index (χ2v) is 7.14.